The Kier molecular flexibility index (Phi) is 3.44. The van der Waals surface area contributed by atoms with Crippen molar-refractivity contribution in [3.63, 3.8) is 0 Å². The van der Waals surface area contributed by atoms with Crippen molar-refractivity contribution < 1.29 is 23.1 Å². The SMILES string of the molecule is CC(n1ccc2c(c(NC(=O)O)cn2C)c1=O)C(F)(F)F. The second-order valence-corrected chi connectivity index (χ2v) is 4.59. The molecule has 114 valence electrons. The third-order valence-corrected chi connectivity index (χ3v) is 3.20. The number of hydrogen-bond acceptors (Lipinski definition) is 2. The maximum Gasteiger partial charge on any atom is 0.409 e. The van der Waals surface area contributed by atoms with Gasteiger partial charge in [0.15, 0.2) is 0 Å². The van der Waals surface area contributed by atoms with E-state index in [2.05, 4.69) is 0 Å². The smallest absolute Gasteiger partial charge is 0.409 e. The van der Waals surface area contributed by atoms with E-state index in [4.69, 9.17) is 5.11 Å². The molecule has 2 heterocycles. The fraction of sp³-hybridized carbons (Fsp3) is 0.333. The van der Waals surface area contributed by atoms with Gasteiger partial charge in [-0.15, -0.1) is 0 Å². The monoisotopic (exact) mass is 303 g/mol. The molecule has 0 radical (unpaired) electrons. The predicted octanol–water partition coefficient (Wildman–Crippen LogP) is 2.55. The molecular weight excluding hydrogens is 291 g/mol. The Bertz CT molecular complexity index is 761. The molecule has 0 saturated heterocycles. The maximum atomic E-state index is 12.8. The summed E-state index contributed by atoms with van der Waals surface area (Å²) in [5, 5.41) is 10.6. The Balaban J connectivity index is 2.71. The van der Waals surface area contributed by atoms with E-state index in [0.717, 1.165) is 13.1 Å². The minimum absolute atomic E-state index is 0.0475. The fourth-order valence-corrected chi connectivity index (χ4v) is 2.09. The van der Waals surface area contributed by atoms with Crippen molar-refractivity contribution in [1.82, 2.24) is 9.13 Å². The molecule has 9 heteroatoms. The average Bonchev–Trinajstić information content (AvgIpc) is 2.64. The van der Waals surface area contributed by atoms with Crippen LogP contribution in [-0.4, -0.2) is 26.5 Å². The van der Waals surface area contributed by atoms with Gasteiger partial charge in [0.05, 0.1) is 16.6 Å². The molecule has 0 spiro atoms. The minimum atomic E-state index is -4.58. The summed E-state index contributed by atoms with van der Waals surface area (Å²) in [4.78, 5) is 23.0. The number of hydrogen-bond donors (Lipinski definition) is 2. The largest absolute Gasteiger partial charge is 0.465 e. The molecule has 1 unspecified atom stereocenters. The van der Waals surface area contributed by atoms with Gasteiger partial charge in [0.25, 0.3) is 5.56 Å². The predicted molar refractivity (Wildman–Crippen MR) is 69.6 cm³/mol. The molecule has 1 atom stereocenters. The van der Waals surface area contributed by atoms with E-state index < -0.39 is 23.9 Å². The molecule has 2 aromatic rings. The number of carboxylic acid groups (broad SMARTS) is 1. The van der Waals surface area contributed by atoms with Gasteiger partial charge >= 0.3 is 12.3 Å². The standard InChI is InChI=1S/C12H12F3N3O3/c1-6(12(13,14)15)18-4-3-8-9(10(18)19)7(5-17(8)2)16-11(20)21/h3-6,16H,1-2H3,(H,20,21). The summed E-state index contributed by atoms with van der Waals surface area (Å²) in [6.07, 6.45) is -3.59. The van der Waals surface area contributed by atoms with Gasteiger partial charge in [-0.25, -0.2) is 4.79 Å². The quantitative estimate of drug-likeness (QED) is 0.895. The summed E-state index contributed by atoms with van der Waals surface area (Å²) in [5.41, 5.74) is -0.607. The molecule has 21 heavy (non-hydrogen) atoms. The second-order valence-electron chi connectivity index (χ2n) is 4.59. The maximum absolute atomic E-state index is 12.8. The zero-order chi connectivity index (χ0) is 15.9. The Hall–Kier alpha value is -2.45. The molecule has 2 aromatic heterocycles. The lowest BCUT2D eigenvalue weighted by Gasteiger charge is -2.18. The van der Waals surface area contributed by atoms with E-state index in [1.807, 2.05) is 5.32 Å². The number of nitrogens with one attached hydrogen (secondary N) is 1. The molecule has 0 saturated carbocycles. The van der Waals surface area contributed by atoms with Crippen LogP contribution in [0.1, 0.15) is 13.0 Å². The summed E-state index contributed by atoms with van der Waals surface area (Å²) >= 11 is 0. The number of anilines is 1. The van der Waals surface area contributed by atoms with Crippen molar-refractivity contribution in [1.29, 1.82) is 0 Å². The number of amides is 1. The first-order chi connectivity index (χ1) is 9.62. The highest BCUT2D eigenvalue weighted by Crippen LogP contribution is 2.30. The summed E-state index contributed by atoms with van der Waals surface area (Å²) in [5.74, 6) is 0. The zero-order valence-electron chi connectivity index (χ0n) is 11.1. The highest BCUT2D eigenvalue weighted by molar-refractivity contribution is 5.98. The number of nitrogens with zero attached hydrogens (tertiary/aromatic N) is 2. The molecule has 1 amide bonds. The average molecular weight is 303 g/mol. The highest BCUT2D eigenvalue weighted by atomic mass is 19.4. The van der Waals surface area contributed by atoms with E-state index in [-0.39, 0.29) is 11.1 Å². The third kappa shape index (κ3) is 2.58. The molecule has 2 N–H and O–H groups in total. The summed E-state index contributed by atoms with van der Waals surface area (Å²) in [6.45, 7) is 0.862. The molecule has 0 aliphatic heterocycles. The summed E-state index contributed by atoms with van der Waals surface area (Å²) in [6, 6.07) is -0.668. The van der Waals surface area contributed by atoms with Gasteiger partial charge in [0, 0.05) is 19.4 Å². The number of alkyl halides is 3. The molecule has 0 aromatic carbocycles. The number of aryl methyl sites for hydroxylation is 1. The lowest BCUT2D eigenvalue weighted by molar-refractivity contribution is -0.163. The first kappa shape index (κ1) is 14.9. The molecule has 2 rings (SSSR count). The number of rotatable bonds is 2. The van der Waals surface area contributed by atoms with Crippen LogP contribution in [0.3, 0.4) is 0 Å². The lowest BCUT2D eigenvalue weighted by Crippen LogP contribution is -2.32. The van der Waals surface area contributed by atoms with Crippen LogP contribution >= 0.6 is 0 Å². The Morgan fingerprint density at radius 2 is 2.05 bits per heavy atom. The van der Waals surface area contributed by atoms with Gasteiger partial charge in [0.1, 0.15) is 6.04 Å². The second kappa shape index (κ2) is 4.83. The van der Waals surface area contributed by atoms with Gasteiger partial charge in [-0.3, -0.25) is 10.1 Å². The van der Waals surface area contributed by atoms with Gasteiger partial charge in [-0.2, -0.15) is 13.2 Å². The minimum Gasteiger partial charge on any atom is -0.465 e. The zero-order valence-corrected chi connectivity index (χ0v) is 11.1. The van der Waals surface area contributed by atoms with E-state index in [0.29, 0.717) is 10.1 Å². The number of carbonyl (C=O) groups is 1. The molecule has 0 aliphatic rings. The van der Waals surface area contributed by atoms with Crippen LogP contribution in [-0.2, 0) is 7.05 Å². The van der Waals surface area contributed by atoms with Crippen LogP contribution in [0.5, 0.6) is 0 Å². The van der Waals surface area contributed by atoms with Crippen molar-refractivity contribution in [3.8, 4) is 0 Å². The van der Waals surface area contributed by atoms with E-state index in [1.165, 1.54) is 16.8 Å². The van der Waals surface area contributed by atoms with Crippen LogP contribution in [0.2, 0.25) is 0 Å². The van der Waals surface area contributed by atoms with Gasteiger partial charge in [-0.1, -0.05) is 0 Å². The van der Waals surface area contributed by atoms with E-state index in [1.54, 1.807) is 7.05 Å². The Morgan fingerprint density at radius 3 is 2.57 bits per heavy atom. The fourth-order valence-electron chi connectivity index (χ4n) is 2.09. The van der Waals surface area contributed by atoms with Crippen molar-refractivity contribution >= 4 is 22.7 Å². The normalized spacial score (nSPS) is 13.4. The van der Waals surface area contributed by atoms with E-state index >= 15 is 0 Å². The molecule has 0 bridgehead atoms. The highest BCUT2D eigenvalue weighted by Gasteiger charge is 2.38. The van der Waals surface area contributed by atoms with Crippen LogP contribution in [0.15, 0.2) is 23.3 Å². The van der Waals surface area contributed by atoms with Gasteiger partial charge < -0.3 is 14.2 Å². The van der Waals surface area contributed by atoms with Gasteiger partial charge in [0.2, 0.25) is 0 Å². The van der Waals surface area contributed by atoms with Crippen molar-refractivity contribution in [2.45, 2.75) is 19.1 Å². The molecular formula is C12H12F3N3O3. The number of fused-ring (bicyclic) bond motifs is 1. The molecule has 0 fully saturated rings. The first-order valence-corrected chi connectivity index (χ1v) is 5.89. The topological polar surface area (TPSA) is 76.3 Å². The molecule has 0 aliphatic carbocycles. The number of aromatic nitrogens is 2. The number of pyridine rings is 1. The van der Waals surface area contributed by atoms with Crippen molar-refractivity contribution in [2.75, 3.05) is 5.32 Å². The summed E-state index contributed by atoms with van der Waals surface area (Å²) in [7, 11) is 1.56. The Morgan fingerprint density at radius 1 is 1.43 bits per heavy atom. The van der Waals surface area contributed by atoms with Gasteiger partial charge in [-0.05, 0) is 13.0 Å². The van der Waals surface area contributed by atoms with Crippen LogP contribution in [0.25, 0.3) is 10.9 Å². The van der Waals surface area contributed by atoms with Crippen molar-refractivity contribution in [3.05, 3.63) is 28.8 Å². The third-order valence-electron chi connectivity index (χ3n) is 3.20. The lowest BCUT2D eigenvalue weighted by atomic mass is 10.2. The first-order valence-electron chi connectivity index (χ1n) is 5.89. The van der Waals surface area contributed by atoms with Crippen LogP contribution in [0, 0.1) is 0 Å². The van der Waals surface area contributed by atoms with Crippen LogP contribution < -0.4 is 10.9 Å². The summed E-state index contributed by atoms with van der Waals surface area (Å²) < 4.78 is 40.3. The Labute approximate surface area is 116 Å². The number of halogens is 3. The van der Waals surface area contributed by atoms with Crippen molar-refractivity contribution in [2.24, 2.45) is 7.05 Å². The molecule has 6 nitrogen and oxygen atoms in total. The van der Waals surface area contributed by atoms with E-state index in [9.17, 15) is 22.8 Å². The van der Waals surface area contributed by atoms with Crippen LogP contribution in [0.4, 0.5) is 23.7 Å².